The number of aliphatic hydroxyl groups is 1. The first-order chi connectivity index (χ1) is 10.5. The van der Waals surface area contributed by atoms with Crippen LogP contribution in [-0.4, -0.2) is 26.1 Å². The molecule has 2 aliphatic rings. The fourth-order valence-corrected chi connectivity index (χ4v) is 6.20. The molecule has 134 valence electrons. The molecule has 2 nitrogen and oxygen atoms in total. The Morgan fingerprint density at radius 1 is 1.26 bits per heavy atom. The quantitative estimate of drug-likeness (QED) is 0.527. The maximum atomic E-state index is 9.29. The summed E-state index contributed by atoms with van der Waals surface area (Å²) in [5, 5.41) is 9.57. The zero-order valence-electron chi connectivity index (χ0n) is 16.2. The van der Waals surface area contributed by atoms with Crippen molar-refractivity contribution >= 4 is 8.32 Å². The number of hydrogen-bond acceptors (Lipinski definition) is 2. The van der Waals surface area contributed by atoms with Gasteiger partial charge in [0.25, 0.3) is 0 Å². The van der Waals surface area contributed by atoms with Crippen molar-refractivity contribution in [2.24, 2.45) is 17.3 Å². The Morgan fingerprint density at radius 2 is 1.91 bits per heavy atom. The van der Waals surface area contributed by atoms with Crippen LogP contribution in [0.25, 0.3) is 0 Å². The molecule has 4 atom stereocenters. The first-order valence-corrected chi connectivity index (χ1v) is 12.4. The molecule has 0 heterocycles. The largest absolute Gasteiger partial charge is 0.414 e. The van der Waals surface area contributed by atoms with E-state index in [2.05, 4.69) is 47.4 Å². The highest BCUT2D eigenvalue weighted by Gasteiger charge is 2.53. The van der Waals surface area contributed by atoms with Crippen molar-refractivity contribution < 1.29 is 9.53 Å². The second-order valence-electron chi connectivity index (χ2n) is 9.68. The van der Waals surface area contributed by atoms with Gasteiger partial charge in [-0.2, -0.15) is 0 Å². The Morgan fingerprint density at radius 3 is 2.48 bits per heavy atom. The maximum absolute atomic E-state index is 9.29. The van der Waals surface area contributed by atoms with Crippen LogP contribution in [0.5, 0.6) is 0 Å². The Bertz CT molecular complexity index is 437. The molecule has 0 aromatic rings. The summed E-state index contributed by atoms with van der Waals surface area (Å²) >= 11 is 0. The van der Waals surface area contributed by atoms with E-state index in [1.165, 1.54) is 37.7 Å². The summed E-state index contributed by atoms with van der Waals surface area (Å²) in [7, 11) is -1.71. The molecule has 0 aromatic heterocycles. The predicted octanol–water partition coefficient (Wildman–Crippen LogP) is 5.53. The highest BCUT2D eigenvalue weighted by molar-refractivity contribution is 6.74. The SMILES string of the molecule is C=C(CCO)[C@H]1CC[C@H]2[C@@H](O[Si](C)(C)C(C)(C)C)CCC[C@]12C. The van der Waals surface area contributed by atoms with Crippen molar-refractivity contribution in [2.75, 3.05) is 6.61 Å². The molecule has 2 fully saturated rings. The third-order valence-corrected chi connectivity index (χ3v) is 11.7. The van der Waals surface area contributed by atoms with Crippen molar-refractivity contribution in [3.8, 4) is 0 Å². The van der Waals surface area contributed by atoms with Gasteiger partial charge in [-0.05, 0) is 67.5 Å². The van der Waals surface area contributed by atoms with E-state index in [1.807, 2.05) is 0 Å². The van der Waals surface area contributed by atoms with Crippen LogP contribution in [0.2, 0.25) is 18.1 Å². The molecule has 0 radical (unpaired) electrons. The van der Waals surface area contributed by atoms with Gasteiger partial charge in [-0.1, -0.05) is 46.3 Å². The minimum absolute atomic E-state index is 0.236. The van der Waals surface area contributed by atoms with Crippen molar-refractivity contribution in [1.82, 2.24) is 0 Å². The van der Waals surface area contributed by atoms with E-state index in [-0.39, 0.29) is 11.6 Å². The molecule has 23 heavy (non-hydrogen) atoms. The third kappa shape index (κ3) is 3.62. The zero-order chi connectivity index (χ0) is 17.5. The molecule has 0 aliphatic heterocycles. The van der Waals surface area contributed by atoms with Gasteiger partial charge in [0.05, 0.1) is 0 Å². The van der Waals surface area contributed by atoms with Gasteiger partial charge in [0, 0.05) is 12.7 Å². The summed E-state index contributed by atoms with van der Waals surface area (Å²) in [6.07, 6.45) is 7.50. The normalized spacial score (nSPS) is 35.2. The van der Waals surface area contributed by atoms with E-state index < -0.39 is 8.32 Å². The molecule has 3 heteroatoms. The van der Waals surface area contributed by atoms with Gasteiger partial charge in [-0.25, -0.2) is 0 Å². The molecule has 2 aliphatic carbocycles. The number of hydrogen-bond donors (Lipinski definition) is 1. The average Bonchev–Trinajstić information content (AvgIpc) is 2.75. The molecule has 2 saturated carbocycles. The van der Waals surface area contributed by atoms with Crippen molar-refractivity contribution in [2.45, 2.75) is 90.5 Å². The lowest BCUT2D eigenvalue weighted by molar-refractivity contribution is -0.00405. The maximum Gasteiger partial charge on any atom is 0.192 e. The van der Waals surface area contributed by atoms with E-state index in [1.54, 1.807) is 0 Å². The Balaban J connectivity index is 2.16. The summed E-state index contributed by atoms with van der Waals surface area (Å²) in [4.78, 5) is 0. The second kappa shape index (κ2) is 6.65. The summed E-state index contributed by atoms with van der Waals surface area (Å²) in [6.45, 7) is 18.8. The predicted molar refractivity (Wildman–Crippen MR) is 101 cm³/mol. The topological polar surface area (TPSA) is 29.5 Å². The minimum atomic E-state index is -1.71. The van der Waals surface area contributed by atoms with E-state index in [9.17, 15) is 5.11 Å². The first kappa shape index (κ1) is 19.2. The summed E-state index contributed by atoms with van der Waals surface area (Å²) in [6, 6.07) is 0. The average molecular weight is 339 g/mol. The third-order valence-electron chi connectivity index (χ3n) is 7.24. The highest BCUT2D eigenvalue weighted by atomic mass is 28.4. The number of rotatable bonds is 5. The van der Waals surface area contributed by atoms with Crippen molar-refractivity contribution in [3.63, 3.8) is 0 Å². The molecule has 0 unspecified atom stereocenters. The summed E-state index contributed by atoms with van der Waals surface area (Å²) in [5.74, 6) is 1.25. The fourth-order valence-electron chi connectivity index (χ4n) is 4.80. The molecule has 0 bridgehead atoms. The van der Waals surface area contributed by atoms with E-state index >= 15 is 0 Å². The van der Waals surface area contributed by atoms with Gasteiger partial charge in [-0.3, -0.25) is 0 Å². The summed E-state index contributed by atoms with van der Waals surface area (Å²) in [5.41, 5.74) is 1.60. The van der Waals surface area contributed by atoms with Crippen molar-refractivity contribution in [1.29, 1.82) is 0 Å². The molecule has 1 N–H and O–H groups in total. The lowest BCUT2D eigenvalue weighted by Crippen LogP contribution is -2.50. The van der Waals surface area contributed by atoms with E-state index in [4.69, 9.17) is 4.43 Å². The van der Waals surface area contributed by atoms with Crippen LogP contribution in [0, 0.1) is 17.3 Å². The first-order valence-electron chi connectivity index (χ1n) is 9.49. The zero-order valence-corrected chi connectivity index (χ0v) is 17.2. The Kier molecular flexibility index (Phi) is 5.55. The van der Waals surface area contributed by atoms with Crippen LogP contribution < -0.4 is 0 Å². The molecular weight excluding hydrogens is 300 g/mol. The van der Waals surface area contributed by atoms with Crippen LogP contribution in [0.1, 0.15) is 66.2 Å². The Labute approximate surface area is 144 Å². The number of aliphatic hydroxyl groups excluding tert-OH is 1. The number of fused-ring (bicyclic) bond motifs is 1. The van der Waals surface area contributed by atoms with Crippen LogP contribution in [0.15, 0.2) is 12.2 Å². The molecule has 0 aromatic carbocycles. The van der Waals surface area contributed by atoms with E-state index in [0.717, 1.165) is 6.42 Å². The fraction of sp³-hybridized carbons (Fsp3) is 0.900. The molecular formula is C20H38O2Si. The molecule has 0 amide bonds. The standard InChI is InChI=1S/C20H38O2Si/c1-15(12-14-21)16-10-11-17-18(9-8-13-20(16,17)5)22-23(6,7)19(2,3)4/h16-18,21H,1,8-14H2,2-7H3/t16-,17+,18+,20-/m1/s1. The van der Waals surface area contributed by atoms with Gasteiger partial charge in [0.15, 0.2) is 8.32 Å². The van der Waals surface area contributed by atoms with Crippen LogP contribution in [0.3, 0.4) is 0 Å². The smallest absolute Gasteiger partial charge is 0.192 e. The van der Waals surface area contributed by atoms with Crippen molar-refractivity contribution in [3.05, 3.63) is 12.2 Å². The van der Waals surface area contributed by atoms with Crippen LogP contribution >= 0.6 is 0 Å². The molecule has 2 rings (SSSR count). The Hall–Kier alpha value is -0.123. The summed E-state index contributed by atoms with van der Waals surface area (Å²) < 4.78 is 6.87. The lowest BCUT2D eigenvalue weighted by Gasteiger charge is -2.49. The van der Waals surface area contributed by atoms with Crippen LogP contribution in [-0.2, 0) is 4.43 Å². The van der Waals surface area contributed by atoms with Gasteiger partial charge in [0.2, 0.25) is 0 Å². The van der Waals surface area contributed by atoms with Gasteiger partial charge in [-0.15, -0.1) is 0 Å². The van der Waals surface area contributed by atoms with Crippen LogP contribution in [0.4, 0.5) is 0 Å². The second-order valence-corrected chi connectivity index (χ2v) is 14.4. The monoisotopic (exact) mass is 338 g/mol. The minimum Gasteiger partial charge on any atom is -0.414 e. The molecule has 0 spiro atoms. The highest BCUT2D eigenvalue weighted by Crippen LogP contribution is 2.59. The van der Waals surface area contributed by atoms with E-state index in [0.29, 0.717) is 23.4 Å². The lowest BCUT2D eigenvalue weighted by atomic mass is 9.63. The van der Waals surface area contributed by atoms with Gasteiger partial charge < -0.3 is 9.53 Å². The molecule has 0 saturated heterocycles. The van der Waals surface area contributed by atoms with Gasteiger partial charge in [0.1, 0.15) is 0 Å². The van der Waals surface area contributed by atoms with Gasteiger partial charge >= 0.3 is 0 Å².